The van der Waals surface area contributed by atoms with Gasteiger partial charge in [0.1, 0.15) is 0 Å². The monoisotopic (exact) mass is 340 g/mol. The molecule has 0 radical (unpaired) electrons. The first-order valence-corrected chi connectivity index (χ1v) is 8.03. The van der Waals surface area contributed by atoms with Crippen molar-refractivity contribution in [3.05, 3.63) is 54.1 Å². The summed E-state index contributed by atoms with van der Waals surface area (Å²) in [5.74, 6) is -0.256. The first-order valence-electron chi connectivity index (χ1n) is 8.03. The van der Waals surface area contributed by atoms with Crippen LogP contribution >= 0.6 is 0 Å². The van der Waals surface area contributed by atoms with E-state index in [1.54, 1.807) is 24.3 Å². The lowest BCUT2D eigenvalue weighted by Crippen LogP contribution is -2.36. The van der Waals surface area contributed by atoms with E-state index in [-0.39, 0.29) is 5.91 Å². The summed E-state index contributed by atoms with van der Waals surface area (Å²) in [5, 5.41) is 5.40. The van der Waals surface area contributed by atoms with E-state index in [0.29, 0.717) is 24.5 Å². The molecule has 4 N–H and O–H groups in total. The average molecular weight is 340 g/mol. The van der Waals surface area contributed by atoms with Crippen LogP contribution in [-0.4, -0.2) is 38.2 Å². The van der Waals surface area contributed by atoms with Gasteiger partial charge in [-0.15, -0.1) is 0 Å². The molecule has 2 aromatic rings. The van der Waals surface area contributed by atoms with Gasteiger partial charge in [0.05, 0.1) is 24.6 Å². The number of primary amides is 1. The molecule has 2 aromatic carbocycles. The molecule has 0 unspecified atom stereocenters. The van der Waals surface area contributed by atoms with Gasteiger partial charge in [0.25, 0.3) is 5.91 Å². The van der Waals surface area contributed by atoms with Crippen LogP contribution in [0.3, 0.4) is 0 Å². The zero-order chi connectivity index (χ0) is 17.6. The molecule has 1 fully saturated rings. The lowest BCUT2D eigenvalue weighted by atomic mass is 10.1. The molecule has 3 amide bonds. The fraction of sp³-hybridized carbons (Fsp3) is 0.222. The number of morpholine rings is 1. The molecule has 0 spiro atoms. The minimum atomic E-state index is -0.671. The summed E-state index contributed by atoms with van der Waals surface area (Å²) in [6.07, 6.45) is 0. The van der Waals surface area contributed by atoms with Crippen molar-refractivity contribution in [1.29, 1.82) is 0 Å². The smallest absolute Gasteiger partial charge is 0.316 e. The minimum absolute atomic E-state index is 0.256. The zero-order valence-electron chi connectivity index (χ0n) is 13.7. The number of nitrogens with two attached hydrogens (primary N) is 1. The fourth-order valence-electron chi connectivity index (χ4n) is 2.73. The molecular weight excluding hydrogens is 320 g/mol. The number of urea groups is 1. The quantitative estimate of drug-likeness (QED) is 0.795. The van der Waals surface area contributed by atoms with Gasteiger partial charge in [0, 0.05) is 24.3 Å². The number of carbonyl (C=O) groups is 2. The molecule has 3 rings (SSSR count). The van der Waals surface area contributed by atoms with Gasteiger partial charge < -0.3 is 26.0 Å². The van der Waals surface area contributed by atoms with E-state index in [1.165, 1.54) is 0 Å². The molecule has 1 heterocycles. The molecule has 1 aliphatic rings. The Morgan fingerprint density at radius 2 is 1.76 bits per heavy atom. The highest BCUT2D eigenvalue weighted by Gasteiger charge is 2.16. The third-order valence-corrected chi connectivity index (χ3v) is 3.90. The Labute approximate surface area is 145 Å². The van der Waals surface area contributed by atoms with Crippen molar-refractivity contribution >= 4 is 29.0 Å². The van der Waals surface area contributed by atoms with Gasteiger partial charge >= 0.3 is 6.03 Å². The maximum absolute atomic E-state index is 12.6. The Morgan fingerprint density at radius 3 is 2.52 bits per heavy atom. The summed E-state index contributed by atoms with van der Waals surface area (Å²) in [7, 11) is 0. The van der Waals surface area contributed by atoms with E-state index in [2.05, 4.69) is 15.5 Å². The third-order valence-electron chi connectivity index (χ3n) is 3.90. The van der Waals surface area contributed by atoms with Gasteiger partial charge in [-0.05, 0) is 30.3 Å². The predicted molar refractivity (Wildman–Crippen MR) is 97.1 cm³/mol. The van der Waals surface area contributed by atoms with E-state index in [0.717, 1.165) is 24.5 Å². The summed E-state index contributed by atoms with van der Waals surface area (Å²) in [4.78, 5) is 25.7. The number of anilines is 3. The number of rotatable bonds is 4. The molecule has 7 nitrogen and oxygen atoms in total. The van der Waals surface area contributed by atoms with Crippen molar-refractivity contribution in [3.8, 4) is 0 Å². The highest BCUT2D eigenvalue weighted by molar-refractivity contribution is 6.06. The second-order valence-electron chi connectivity index (χ2n) is 5.64. The second kappa shape index (κ2) is 7.67. The molecule has 0 aromatic heterocycles. The summed E-state index contributed by atoms with van der Waals surface area (Å²) in [6, 6.07) is 13.6. The maximum atomic E-state index is 12.6. The topological polar surface area (TPSA) is 96.7 Å². The lowest BCUT2D eigenvalue weighted by Gasteiger charge is -2.30. The summed E-state index contributed by atoms with van der Waals surface area (Å²) < 4.78 is 5.38. The van der Waals surface area contributed by atoms with Gasteiger partial charge in [-0.3, -0.25) is 4.79 Å². The Kier molecular flexibility index (Phi) is 5.15. The van der Waals surface area contributed by atoms with E-state index in [9.17, 15) is 9.59 Å². The van der Waals surface area contributed by atoms with Crippen LogP contribution in [0.15, 0.2) is 48.5 Å². The molecule has 0 bridgehead atoms. The van der Waals surface area contributed by atoms with Crippen LogP contribution in [0.1, 0.15) is 10.4 Å². The average Bonchev–Trinajstić information content (AvgIpc) is 2.62. The van der Waals surface area contributed by atoms with Crippen LogP contribution < -0.4 is 21.3 Å². The van der Waals surface area contributed by atoms with E-state index < -0.39 is 6.03 Å². The number of para-hydroxylation sites is 2. The number of nitrogens with zero attached hydrogens (tertiary/aromatic N) is 1. The van der Waals surface area contributed by atoms with E-state index in [1.807, 2.05) is 24.3 Å². The van der Waals surface area contributed by atoms with Crippen LogP contribution in [0.5, 0.6) is 0 Å². The van der Waals surface area contributed by atoms with E-state index >= 15 is 0 Å². The Hall–Kier alpha value is -3.06. The molecular formula is C18H20N4O3. The minimum Gasteiger partial charge on any atom is -0.378 e. The first kappa shape index (κ1) is 16.8. The predicted octanol–water partition coefficient (Wildman–Crippen LogP) is 2.27. The summed E-state index contributed by atoms with van der Waals surface area (Å²) in [6.45, 7) is 2.90. The molecule has 0 atom stereocenters. The number of amides is 3. The largest absolute Gasteiger partial charge is 0.378 e. The Balaban J connectivity index is 1.78. The van der Waals surface area contributed by atoms with Crippen LogP contribution in [0.2, 0.25) is 0 Å². The highest BCUT2D eigenvalue weighted by atomic mass is 16.5. The van der Waals surface area contributed by atoms with Crippen molar-refractivity contribution in [2.24, 2.45) is 5.73 Å². The second-order valence-corrected chi connectivity index (χ2v) is 5.64. The van der Waals surface area contributed by atoms with Crippen LogP contribution in [0.25, 0.3) is 0 Å². The van der Waals surface area contributed by atoms with Crippen LogP contribution in [0.4, 0.5) is 21.9 Å². The summed E-state index contributed by atoms with van der Waals surface area (Å²) in [5.41, 5.74) is 7.72. The van der Waals surface area contributed by atoms with Crippen molar-refractivity contribution in [3.63, 3.8) is 0 Å². The van der Waals surface area contributed by atoms with Gasteiger partial charge in [-0.2, -0.15) is 0 Å². The lowest BCUT2D eigenvalue weighted by molar-refractivity contribution is 0.102. The normalized spacial score (nSPS) is 14.0. The molecule has 1 aliphatic heterocycles. The number of hydrogen-bond donors (Lipinski definition) is 3. The Bertz CT molecular complexity index is 772. The number of hydrogen-bond acceptors (Lipinski definition) is 4. The number of ether oxygens (including phenoxy) is 1. The van der Waals surface area contributed by atoms with Crippen molar-refractivity contribution in [2.75, 3.05) is 41.8 Å². The fourth-order valence-corrected chi connectivity index (χ4v) is 2.73. The molecule has 1 saturated heterocycles. The number of carbonyl (C=O) groups excluding carboxylic acids is 2. The van der Waals surface area contributed by atoms with Crippen molar-refractivity contribution in [1.82, 2.24) is 0 Å². The molecule has 7 heteroatoms. The first-order chi connectivity index (χ1) is 12.1. The van der Waals surface area contributed by atoms with Crippen molar-refractivity contribution in [2.45, 2.75) is 0 Å². The zero-order valence-corrected chi connectivity index (χ0v) is 13.7. The molecule has 130 valence electrons. The van der Waals surface area contributed by atoms with E-state index in [4.69, 9.17) is 10.5 Å². The van der Waals surface area contributed by atoms with Gasteiger partial charge in [0.15, 0.2) is 0 Å². The van der Waals surface area contributed by atoms with Gasteiger partial charge in [-0.1, -0.05) is 18.2 Å². The van der Waals surface area contributed by atoms with Gasteiger partial charge in [-0.25, -0.2) is 4.79 Å². The van der Waals surface area contributed by atoms with Crippen LogP contribution in [-0.2, 0) is 4.74 Å². The molecule has 0 aliphatic carbocycles. The van der Waals surface area contributed by atoms with Crippen molar-refractivity contribution < 1.29 is 14.3 Å². The summed E-state index contributed by atoms with van der Waals surface area (Å²) >= 11 is 0. The number of benzene rings is 2. The standard InChI is InChI=1S/C18H20N4O3/c19-18(24)20-14-5-3-4-13(12-14)17(23)21-15-6-1-2-7-16(15)22-8-10-25-11-9-22/h1-7,12H,8-11H2,(H,21,23)(H3,19,20,24). The molecule has 0 saturated carbocycles. The molecule has 25 heavy (non-hydrogen) atoms. The maximum Gasteiger partial charge on any atom is 0.316 e. The highest BCUT2D eigenvalue weighted by Crippen LogP contribution is 2.27. The SMILES string of the molecule is NC(=O)Nc1cccc(C(=O)Nc2ccccc2N2CCOCC2)c1. The van der Waals surface area contributed by atoms with Crippen LogP contribution in [0, 0.1) is 0 Å². The Morgan fingerprint density at radius 1 is 1.00 bits per heavy atom. The third kappa shape index (κ3) is 4.27. The number of nitrogens with one attached hydrogen (secondary N) is 2. The van der Waals surface area contributed by atoms with Gasteiger partial charge in [0.2, 0.25) is 0 Å².